The predicted octanol–water partition coefficient (Wildman–Crippen LogP) is 2.09. The molecule has 8 heteroatoms. The van der Waals surface area contributed by atoms with Gasteiger partial charge in [-0.25, -0.2) is 4.68 Å². The van der Waals surface area contributed by atoms with Crippen molar-refractivity contribution in [3.63, 3.8) is 0 Å². The van der Waals surface area contributed by atoms with E-state index in [2.05, 4.69) is 15.6 Å². The van der Waals surface area contributed by atoms with E-state index in [0.29, 0.717) is 5.69 Å². The number of ether oxygens (including phenoxy) is 1. The molecule has 0 bridgehead atoms. The van der Waals surface area contributed by atoms with E-state index >= 15 is 0 Å². The van der Waals surface area contributed by atoms with Crippen LogP contribution in [0.25, 0.3) is 0 Å². The molecule has 1 aromatic carbocycles. The average Bonchev–Trinajstić information content (AvgIpc) is 2.74. The molecule has 0 spiro atoms. The Kier molecular flexibility index (Phi) is 4.17. The van der Waals surface area contributed by atoms with Gasteiger partial charge in [0, 0.05) is 7.05 Å². The summed E-state index contributed by atoms with van der Waals surface area (Å²) in [4.78, 5) is 10.5. The Morgan fingerprint density at radius 1 is 1.43 bits per heavy atom. The van der Waals surface area contributed by atoms with E-state index in [1.807, 2.05) is 12.1 Å². The molecular weight excluding hydrogens is 274 g/mol. The van der Waals surface area contributed by atoms with Crippen LogP contribution < -0.4 is 10.2 Å². The van der Waals surface area contributed by atoms with Crippen molar-refractivity contribution in [1.29, 1.82) is 0 Å². The summed E-state index contributed by atoms with van der Waals surface area (Å²) >= 11 is 0. The summed E-state index contributed by atoms with van der Waals surface area (Å²) in [5, 5.41) is 19.0. The second kappa shape index (κ2) is 6.04. The first kappa shape index (κ1) is 14.5. The van der Waals surface area contributed by atoms with Crippen LogP contribution in [-0.4, -0.2) is 28.0 Å². The van der Waals surface area contributed by atoms with Gasteiger partial charge in [-0.2, -0.15) is 10.2 Å². The van der Waals surface area contributed by atoms with Crippen LogP contribution in [0.4, 0.5) is 11.5 Å². The second-order valence-corrected chi connectivity index (χ2v) is 4.31. The maximum absolute atomic E-state index is 11.0. The highest BCUT2D eigenvalue weighted by Crippen LogP contribution is 2.27. The SMILES string of the molecule is COc1ccc(/C=N/Nc2c([N+](=O)[O-])c(C)nn2C)cc1. The van der Waals surface area contributed by atoms with Gasteiger partial charge in [0.1, 0.15) is 11.4 Å². The lowest BCUT2D eigenvalue weighted by Gasteiger charge is -2.01. The van der Waals surface area contributed by atoms with E-state index < -0.39 is 4.92 Å². The van der Waals surface area contributed by atoms with E-state index in [0.717, 1.165) is 11.3 Å². The summed E-state index contributed by atoms with van der Waals surface area (Å²) in [5.74, 6) is 0.986. The molecule has 0 fully saturated rings. The number of nitrogens with one attached hydrogen (secondary N) is 1. The van der Waals surface area contributed by atoms with Gasteiger partial charge in [-0.1, -0.05) is 0 Å². The third kappa shape index (κ3) is 3.16. The Morgan fingerprint density at radius 2 is 2.10 bits per heavy atom. The van der Waals surface area contributed by atoms with Gasteiger partial charge in [-0.05, 0) is 36.8 Å². The third-order valence-electron chi connectivity index (χ3n) is 2.87. The Bertz CT molecular complexity index is 676. The first-order valence-corrected chi connectivity index (χ1v) is 6.14. The summed E-state index contributed by atoms with van der Waals surface area (Å²) < 4.78 is 6.44. The lowest BCUT2D eigenvalue weighted by Crippen LogP contribution is -2.01. The molecular formula is C13H15N5O3. The smallest absolute Gasteiger partial charge is 0.335 e. The molecule has 1 N–H and O–H groups in total. The Hall–Kier alpha value is -2.90. The fourth-order valence-electron chi connectivity index (χ4n) is 1.85. The topological polar surface area (TPSA) is 94.6 Å². The Balaban J connectivity index is 2.15. The number of methoxy groups -OCH3 is 1. The number of aromatic nitrogens is 2. The fraction of sp³-hybridized carbons (Fsp3) is 0.231. The van der Waals surface area contributed by atoms with Gasteiger partial charge in [0.25, 0.3) is 0 Å². The lowest BCUT2D eigenvalue weighted by molar-refractivity contribution is -0.384. The van der Waals surface area contributed by atoms with Crippen molar-refractivity contribution in [3.8, 4) is 5.75 Å². The zero-order valence-corrected chi connectivity index (χ0v) is 11.9. The number of rotatable bonds is 5. The standard InChI is InChI=1S/C13H15N5O3/c1-9-12(18(19)20)13(17(2)16-9)15-14-8-10-4-6-11(21-3)7-5-10/h4-8,15H,1-3H3/b14-8+. The van der Waals surface area contributed by atoms with Gasteiger partial charge in [0.15, 0.2) is 0 Å². The summed E-state index contributed by atoms with van der Waals surface area (Å²) in [6.45, 7) is 1.58. The van der Waals surface area contributed by atoms with Crippen LogP contribution in [0.15, 0.2) is 29.4 Å². The normalized spacial score (nSPS) is 10.8. The predicted molar refractivity (Wildman–Crippen MR) is 78.8 cm³/mol. The van der Waals surface area contributed by atoms with Gasteiger partial charge >= 0.3 is 5.69 Å². The van der Waals surface area contributed by atoms with Crippen molar-refractivity contribution >= 4 is 17.7 Å². The van der Waals surface area contributed by atoms with E-state index in [9.17, 15) is 10.1 Å². The number of hydrazone groups is 1. The van der Waals surface area contributed by atoms with Crippen LogP contribution in [0.1, 0.15) is 11.3 Å². The van der Waals surface area contributed by atoms with Crippen LogP contribution in [0.3, 0.4) is 0 Å². The zero-order chi connectivity index (χ0) is 15.4. The molecule has 110 valence electrons. The molecule has 2 rings (SSSR count). The van der Waals surface area contributed by atoms with Crippen molar-refractivity contribution in [2.24, 2.45) is 12.1 Å². The highest BCUT2D eigenvalue weighted by Gasteiger charge is 2.23. The van der Waals surface area contributed by atoms with Gasteiger partial charge in [-0.3, -0.25) is 15.5 Å². The van der Waals surface area contributed by atoms with E-state index in [1.54, 1.807) is 39.4 Å². The first-order valence-electron chi connectivity index (χ1n) is 6.14. The molecule has 2 aromatic rings. The van der Waals surface area contributed by atoms with Crippen LogP contribution in [-0.2, 0) is 7.05 Å². The number of anilines is 1. The molecule has 1 aromatic heterocycles. The summed E-state index contributed by atoms with van der Waals surface area (Å²) in [5.41, 5.74) is 3.75. The molecule has 0 aliphatic rings. The molecule has 0 unspecified atom stereocenters. The van der Waals surface area contributed by atoms with E-state index in [1.165, 1.54) is 4.68 Å². The first-order chi connectivity index (χ1) is 10.0. The van der Waals surface area contributed by atoms with Crippen molar-refractivity contribution in [2.75, 3.05) is 12.5 Å². The van der Waals surface area contributed by atoms with Crippen LogP contribution in [0, 0.1) is 17.0 Å². The summed E-state index contributed by atoms with van der Waals surface area (Å²) in [7, 11) is 3.21. The minimum Gasteiger partial charge on any atom is -0.497 e. The minimum absolute atomic E-state index is 0.0793. The third-order valence-corrected chi connectivity index (χ3v) is 2.87. The molecule has 0 aliphatic heterocycles. The zero-order valence-electron chi connectivity index (χ0n) is 11.9. The molecule has 0 radical (unpaired) electrons. The molecule has 0 atom stereocenters. The highest BCUT2D eigenvalue weighted by atomic mass is 16.6. The highest BCUT2D eigenvalue weighted by molar-refractivity contribution is 5.80. The lowest BCUT2D eigenvalue weighted by atomic mass is 10.2. The van der Waals surface area contributed by atoms with Crippen LogP contribution >= 0.6 is 0 Å². The number of hydrogen-bond donors (Lipinski definition) is 1. The molecule has 0 saturated carbocycles. The van der Waals surface area contributed by atoms with Gasteiger partial charge < -0.3 is 4.74 Å². The quantitative estimate of drug-likeness (QED) is 0.516. The molecule has 0 saturated heterocycles. The minimum atomic E-state index is -0.479. The Morgan fingerprint density at radius 3 is 2.67 bits per heavy atom. The molecule has 8 nitrogen and oxygen atoms in total. The largest absolute Gasteiger partial charge is 0.497 e. The average molecular weight is 289 g/mol. The monoisotopic (exact) mass is 289 g/mol. The van der Waals surface area contributed by atoms with Crippen molar-refractivity contribution in [1.82, 2.24) is 9.78 Å². The number of aryl methyl sites for hydroxylation is 2. The molecule has 1 heterocycles. The summed E-state index contributed by atoms with van der Waals surface area (Å²) in [6, 6.07) is 7.26. The number of benzene rings is 1. The summed E-state index contributed by atoms with van der Waals surface area (Å²) in [6.07, 6.45) is 1.56. The van der Waals surface area contributed by atoms with Crippen LogP contribution in [0.2, 0.25) is 0 Å². The molecule has 21 heavy (non-hydrogen) atoms. The molecule has 0 amide bonds. The van der Waals surface area contributed by atoms with Crippen molar-refractivity contribution in [3.05, 3.63) is 45.6 Å². The van der Waals surface area contributed by atoms with Gasteiger partial charge in [0.05, 0.1) is 18.2 Å². The maximum atomic E-state index is 11.0. The van der Waals surface area contributed by atoms with Crippen LogP contribution in [0.5, 0.6) is 5.75 Å². The number of nitrogens with zero attached hydrogens (tertiary/aromatic N) is 4. The van der Waals surface area contributed by atoms with Crippen molar-refractivity contribution < 1.29 is 9.66 Å². The van der Waals surface area contributed by atoms with Crippen molar-refractivity contribution in [2.45, 2.75) is 6.92 Å². The second-order valence-electron chi connectivity index (χ2n) is 4.31. The van der Waals surface area contributed by atoms with Gasteiger partial charge in [0.2, 0.25) is 5.82 Å². The van der Waals surface area contributed by atoms with E-state index in [4.69, 9.17) is 4.74 Å². The molecule has 0 aliphatic carbocycles. The maximum Gasteiger partial charge on any atom is 0.335 e. The van der Waals surface area contributed by atoms with Gasteiger partial charge in [-0.15, -0.1) is 0 Å². The fourth-order valence-corrected chi connectivity index (χ4v) is 1.85. The number of hydrogen-bond acceptors (Lipinski definition) is 6. The van der Waals surface area contributed by atoms with E-state index in [-0.39, 0.29) is 11.5 Å². The number of nitro groups is 1. The Labute approximate surface area is 121 Å².